The van der Waals surface area contributed by atoms with Gasteiger partial charge in [-0.1, -0.05) is 63.1 Å². The number of hydrogen-bond donors (Lipinski definition) is 0. The summed E-state index contributed by atoms with van der Waals surface area (Å²) in [6.07, 6.45) is 14.0. The first-order valence-corrected chi connectivity index (χ1v) is 7.54. The summed E-state index contributed by atoms with van der Waals surface area (Å²) in [6, 6.07) is 0. The Kier molecular flexibility index (Phi) is 8.08. The van der Waals surface area contributed by atoms with Crippen molar-refractivity contribution in [1.29, 1.82) is 0 Å². The van der Waals surface area contributed by atoms with Crippen molar-refractivity contribution in [2.24, 2.45) is 0 Å². The predicted octanol–water partition coefficient (Wildman–Crippen LogP) is 4.55. The second-order valence-electron chi connectivity index (χ2n) is 4.51. The minimum Gasteiger partial charge on any atom is -0.287 e. The van der Waals surface area contributed by atoms with E-state index in [1.165, 1.54) is 57.8 Å². The van der Waals surface area contributed by atoms with Crippen molar-refractivity contribution in [1.82, 2.24) is 0 Å². The van der Waals surface area contributed by atoms with Gasteiger partial charge < -0.3 is 0 Å². The molecule has 1 saturated heterocycles. The van der Waals surface area contributed by atoms with Gasteiger partial charge in [0.1, 0.15) is 0 Å². The van der Waals surface area contributed by atoms with Gasteiger partial charge in [-0.05, 0) is 12.8 Å². The molecule has 1 rings (SSSR count). The summed E-state index contributed by atoms with van der Waals surface area (Å²) in [5.74, 6) is 1.05. The molecule has 0 bridgehead atoms. The van der Waals surface area contributed by atoms with Crippen molar-refractivity contribution >= 4 is 16.9 Å². The summed E-state index contributed by atoms with van der Waals surface area (Å²) in [5, 5.41) is 0.423. The van der Waals surface area contributed by atoms with E-state index in [0.29, 0.717) is 5.12 Å². The molecule has 2 heteroatoms. The summed E-state index contributed by atoms with van der Waals surface area (Å²) in [5.41, 5.74) is 0. The summed E-state index contributed by atoms with van der Waals surface area (Å²) < 4.78 is 0. The number of carbonyl (C=O) groups excluding carboxylic acids is 1. The summed E-state index contributed by atoms with van der Waals surface area (Å²) in [6.45, 7) is 0. The first kappa shape index (κ1) is 13.1. The van der Waals surface area contributed by atoms with Crippen molar-refractivity contribution < 1.29 is 4.79 Å². The lowest BCUT2D eigenvalue weighted by Crippen LogP contribution is -1.95. The van der Waals surface area contributed by atoms with Gasteiger partial charge in [0.25, 0.3) is 0 Å². The zero-order valence-corrected chi connectivity index (χ0v) is 10.6. The minimum absolute atomic E-state index is 0.423. The average Bonchev–Trinajstić information content (AvgIpc) is 2.24. The molecule has 0 atom stereocenters. The molecule has 0 N–H and O–H groups in total. The summed E-state index contributed by atoms with van der Waals surface area (Å²) in [7, 11) is 0. The number of hydrogen-bond acceptors (Lipinski definition) is 2. The van der Waals surface area contributed by atoms with Crippen LogP contribution in [0.4, 0.5) is 0 Å². The van der Waals surface area contributed by atoms with Gasteiger partial charge in [-0.15, -0.1) is 0 Å². The molecule has 0 aromatic rings. The second-order valence-corrected chi connectivity index (χ2v) is 5.66. The van der Waals surface area contributed by atoms with Crippen LogP contribution >= 0.6 is 11.8 Å². The molecule has 0 aliphatic carbocycles. The molecular weight excluding hydrogens is 204 g/mol. The molecule has 0 radical (unpaired) electrons. The molecule has 0 spiro atoms. The van der Waals surface area contributed by atoms with E-state index in [9.17, 15) is 4.79 Å². The highest BCUT2D eigenvalue weighted by atomic mass is 32.2. The molecule has 15 heavy (non-hydrogen) atoms. The molecule has 0 aromatic carbocycles. The molecule has 88 valence electrons. The van der Waals surface area contributed by atoms with Gasteiger partial charge in [0.15, 0.2) is 5.12 Å². The maximum Gasteiger partial charge on any atom is 0.188 e. The van der Waals surface area contributed by atoms with Crippen molar-refractivity contribution in [2.45, 2.75) is 70.6 Å². The van der Waals surface area contributed by atoms with E-state index >= 15 is 0 Å². The van der Waals surface area contributed by atoms with E-state index in [1.807, 2.05) is 0 Å². The molecule has 0 saturated carbocycles. The molecule has 0 unspecified atom stereocenters. The zero-order chi connectivity index (χ0) is 10.8. The first-order valence-electron chi connectivity index (χ1n) is 6.55. The Balaban J connectivity index is 2.13. The van der Waals surface area contributed by atoms with Crippen LogP contribution in [0.1, 0.15) is 70.6 Å². The van der Waals surface area contributed by atoms with Gasteiger partial charge in [-0.2, -0.15) is 0 Å². The molecule has 0 aromatic heterocycles. The third-order valence-electron chi connectivity index (χ3n) is 3.04. The van der Waals surface area contributed by atoms with E-state index in [1.54, 1.807) is 11.8 Å². The van der Waals surface area contributed by atoms with Crippen molar-refractivity contribution in [3.8, 4) is 0 Å². The fourth-order valence-corrected chi connectivity index (χ4v) is 2.91. The van der Waals surface area contributed by atoms with Gasteiger partial charge in [-0.3, -0.25) is 4.79 Å². The van der Waals surface area contributed by atoms with Gasteiger partial charge in [0.05, 0.1) is 0 Å². The van der Waals surface area contributed by atoms with E-state index in [2.05, 4.69) is 0 Å². The Labute approximate surface area is 98.4 Å². The third kappa shape index (κ3) is 7.89. The standard InChI is InChI=1S/C13H24OS/c14-13-11-9-7-5-3-1-2-4-6-8-10-12-15-13/h1-12H2. The van der Waals surface area contributed by atoms with Crippen LogP contribution in [0, 0.1) is 0 Å². The number of carbonyl (C=O) groups is 1. The molecule has 1 fully saturated rings. The smallest absolute Gasteiger partial charge is 0.188 e. The zero-order valence-electron chi connectivity index (χ0n) is 9.80. The van der Waals surface area contributed by atoms with E-state index in [4.69, 9.17) is 0 Å². The monoisotopic (exact) mass is 228 g/mol. The normalized spacial score (nSPS) is 23.3. The van der Waals surface area contributed by atoms with Crippen molar-refractivity contribution in [3.05, 3.63) is 0 Å². The Morgan fingerprint density at radius 1 is 0.667 bits per heavy atom. The topological polar surface area (TPSA) is 17.1 Å². The van der Waals surface area contributed by atoms with E-state index in [0.717, 1.165) is 18.6 Å². The molecule has 1 aliphatic rings. The Hall–Kier alpha value is 0.0200. The highest BCUT2D eigenvalue weighted by molar-refractivity contribution is 8.13. The number of rotatable bonds is 0. The molecule has 1 heterocycles. The van der Waals surface area contributed by atoms with Gasteiger partial charge in [0, 0.05) is 12.2 Å². The van der Waals surface area contributed by atoms with E-state index < -0.39 is 0 Å². The molecular formula is C13H24OS. The maximum atomic E-state index is 11.4. The van der Waals surface area contributed by atoms with Crippen LogP contribution in [0.15, 0.2) is 0 Å². The Morgan fingerprint density at radius 3 is 1.73 bits per heavy atom. The van der Waals surface area contributed by atoms with Crippen LogP contribution in [-0.2, 0) is 4.79 Å². The lowest BCUT2D eigenvalue weighted by Gasteiger charge is -2.05. The van der Waals surface area contributed by atoms with Crippen LogP contribution < -0.4 is 0 Å². The summed E-state index contributed by atoms with van der Waals surface area (Å²) >= 11 is 1.56. The third-order valence-corrected chi connectivity index (χ3v) is 4.06. The van der Waals surface area contributed by atoms with E-state index in [-0.39, 0.29) is 0 Å². The highest BCUT2D eigenvalue weighted by Gasteiger charge is 2.03. The average molecular weight is 228 g/mol. The lowest BCUT2D eigenvalue weighted by atomic mass is 10.1. The Bertz CT molecular complexity index is 152. The quantitative estimate of drug-likeness (QED) is 0.605. The first-order chi connectivity index (χ1) is 7.39. The van der Waals surface area contributed by atoms with Gasteiger partial charge in [-0.25, -0.2) is 0 Å². The van der Waals surface area contributed by atoms with Crippen LogP contribution in [0.5, 0.6) is 0 Å². The minimum atomic E-state index is 0.423. The SMILES string of the molecule is O=C1CCCCCCCCCCCCS1. The van der Waals surface area contributed by atoms with Crippen LogP contribution in [-0.4, -0.2) is 10.9 Å². The number of thioether (sulfide) groups is 1. The second kappa shape index (κ2) is 9.26. The van der Waals surface area contributed by atoms with Crippen molar-refractivity contribution in [2.75, 3.05) is 5.75 Å². The molecule has 0 amide bonds. The van der Waals surface area contributed by atoms with Crippen LogP contribution in [0.25, 0.3) is 0 Å². The molecule has 1 aliphatic heterocycles. The Morgan fingerprint density at radius 2 is 1.13 bits per heavy atom. The van der Waals surface area contributed by atoms with Gasteiger partial charge >= 0.3 is 0 Å². The predicted molar refractivity (Wildman–Crippen MR) is 68.3 cm³/mol. The highest BCUT2D eigenvalue weighted by Crippen LogP contribution is 2.16. The van der Waals surface area contributed by atoms with Crippen LogP contribution in [0.3, 0.4) is 0 Å². The van der Waals surface area contributed by atoms with Crippen LogP contribution in [0.2, 0.25) is 0 Å². The lowest BCUT2D eigenvalue weighted by molar-refractivity contribution is -0.111. The van der Waals surface area contributed by atoms with Gasteiger partial charge in [0.2, 0.25) is 0 Å². The maximum absolute atomic E-state index is 11.4. The fraction of sp³-hybridized carbons (Fsp3) is 0.923. The largest absolute Gasteiger partial charge is 0.287 e. The summed E-state index contributed by atoms with van der Waals surface area (Å²) in [4.78, 5) is 11.4. The molecule has 1 nitrogen and oxygen atoms in total. The van der Waals surface area contributed by atoms with Crippen molar-refractivity contribution in [3.63, 3.8) is 0 Å². The fourth-order valence-electron chi connectivity index (χ4n) is 2.04.